The summed E-state index contributed by atoms with van der Waals surface area (Å²) in [6, 6.07) is 11.4. The zero-order valence-corrected chi connectivity index (χ0v) is 16.5. The highest BCUT2D eigenvalue weighted by molar-refractivity contribution is 5.82. The summed E-state index contributed by atoms with van der Waals surface area (Å²) in [5.74, 6) is 0.876. The summed E-state index contributed by atoms with van der Waals surface area (Å²) < 4.78 is 21.6. The van der Waals surface area contributed by atoms with Gasteiger partial charge in [-0.15, -0.1) is 0 Å². The predicted molar refractivity (Wildman–Crippen MR) is 109 cm³/mol. The molecule has 0 unspecified atom stereocenters. The van der Waals surface area contributed by atoms with E-state index < -0.39 is 37.3 Å². The van der Waals surface area contributed by atoms with Crippen LogP contribution >= 0.6 is 0 Å². The Morgan fingerprint density at radius 3 is 2.35 bits per heavy atom. The minimum Gasteiger partial charge on any atom is -0.497 e. The fourth-order valence-corrected chi connectivity index (χ4v) is 3.45. The molecule has 0 aliphatic carbocycles. The molecule has 0 saturated carbocycles. The fourth-order valence-electron chi connectivity index (χ4n) is 3.45. The van der Waals surface area contributed by atoms with E-state index in [1.807, 2.05) is 0 Å². The zero-order valence-electron chi connectivity index (χ0n) is 16.5. The highest BCUT2D eigenvalue weighted by Crippen LogP contribution is 2.27. The Morgan fingerprint density at radius 2 is 1.68 bits per heavy atom. The number of rotatable bonds is 5. The number of aliphatic hydroxyl groups is 4. The van der Waals surface area contributed by atoms with Crippen molar-refractivity contribution >= 4 is 11.0 Å². The van der Waals surface area contributed by atoms with Crippen molar-refractivity contribution in [2.45, 2.75) is 30.7 Å². The third-order valence-electron chi connectivity index (χ3n) is 5.25. The quantitative estimate of drug-likeness (QED) is 0.459. The Morgan fingerprint density at radius 1 is 0.968 bits per heavy atom. The van der Waals surface area contributed by atoms with Crippen LogP contribution in [0.1, 0.15) is 0 Å². The topological polar surface area (TPSA) is 139 Å². The molecule has 0 spiro atoms. The van der Waals surface area contributed by atoms with Gasteiger partial charge in [-0.05, 0) is 29.8 Å². The van der Waals surface area contributed by atoms with Gasteiger partial charge in [0.15, 0.2) is 5.43 Å². The van der Waals surface area contributed by atoms with Crippen molar-refractivity contribution in [2.24, 2.45) is 0 Å². The van der Waals surface area contributed by atoms with E-state index in [4.69, 9.17) is 18.6 Å². The van der Waals surface area contributed by atoms with Gasteiger partial charge in [0.2, 0.25) is 6.29 Å². The minimum atomic E-state index is -1.53. The molecule has 31 heavy (non-hydrogen) atoms. The summed E-state index contributed by atoms with van der Waals surface area (Å²) in [6.45, 7) is -0.548. The summed E-state index contributed by atoms with van der Waals surface area (Å²) in [7, 11) is 1.53. The Bertz CT molecular complexity index is 1110. The second-order valence-corrected chi connectivity index (χ2v) is 7.18. The van der Waals surface area contributed by atoms with E-state index in [1.54, 1.807) is 42.5 Å². The molecule has 1 aliphatic heterocycles. The second kappa shape index (κ2) is 8.66. The third-order valence-corrected chi connectivity index (χ3v) is 5.25. The monoisotopic (exact) mass is 430 g/mol. The van der Waals surface area contributed by atoms with Crippen LogP contribution in [0, 0.1) is 0 Å². The highest BCUT2D eigenvalue weighted by atomic mass is 16.7. The van der Waals surface area contributed by atoms with Crippen molar-refractivity contribution in [3.63, 3.8) is 0 Å². The first-order valence-corrected chi connectivity index (χ1v) is 9.60. The largest absolute Gasteiger partial charge is 0.497 e. The van der Waals surface area contributed by atoms with Crippen LogP contribution in [0.15, 0.2) is 57.9 Å². The van der Waals surface area contributed by atoms with Crippen molar-refractivity contribution in [2.75, 3.05) is 13.7 Å². The van der Waals surface area contributed by atoms with Gasteiger partial charge in [0.1, 0.15) is 47.8 Å². The number of methoxy groups -OCH3 is 1. The number of aliphatic hydroxyl groups excluding tert-OH is 4. The maximum Gasteiger partial charge on any atom is 0.229 e. The molecule has 4 rings (SSSR count). The maximum atomic E-state index is 12.8. The summed E-state index contributed by atoms with van der Waals surface area (Å²) in [5.41, 5.74) is 1.16. The Hall–Kier alpha value is -2.95. The lowest BCUT2D eigenvalue weighted by Gasteiger charge is -2.39. The molecule has 3 aromatic rings. The number of hydrogen-bond acceptors (Lipinski definition) is 9. The van der Waals surface area contributed by atoms with Crippen molar-refractivity contribution in [3.8, 4) is 22.6 Å². The standard InChI is InChI=1S/C22H22O9/c1-28-13-6-7-14-16(8-13)29-10-15(18(14)24)11-2-4-12(5-3-11)30-22-21(27)20(26)19(25)17(9-23)31-22/h2-8,10,17,19-23,25-27H,9H2,1H3/t17-,19-,20-,21-,22-/m1/s1. The summed E-state index contributed by atoms with van der Waals surface area (Å²) in [6.07, 6.45) is -5.49. The van der Waals surface area contributed by atoms with Gasteiger partial charge in [-0.2, -0.15) is 0 Å². The van der Waals surface area contributed by atoms with E-state index in [0.717, 1.165) is 0 Å². The minimum absolute atomic E-state index is 0.202. The Balaban J connectivity index is 1.56. The van der Waals surface area contributed by atoms with Crippen molar-refractivity contribution in [1.29, 1.82) is 0 Å². The first kappa shape index (κ1) is 21.3. The average molecular weight is 430 g/mol. The number of fused-ring (bicyclic) bond motifs is 1. The van der Waals surface area contributed by atoms with Gasteiger partial charge in [-0.3, -0.25) is 4.79 Å². The molecule has 4 N–H and O–H groups in total. The first-order valence-electron chi connectivity index (χ1n) is 9.60. The third kappa shape index (κ3) is 4.01. The van der Waals surface area contributed by atoms with Crippen molar-refractivity contribution in [1.82, 2.24) is 0 Å². The highest BCUT2D eigenvalue weighted by Gasteiger charge is 2.44. The second-order valence-electron chi connectivity index (χ2n) is 7.18. The molecule has 2 aromatic carbocycles. The Kier molecular flexibility index (Phi) is 5.94. The molecule has 0 radical (unpaired) electrons. The molecule has 0 amide bonds. The Labute approximate surface area is 176 Å². The molecule has 5 atom stereocenters. The molecule has 1 saturated heterocycles. The number of benzene rings is 2. The van der Waals surface area contributed by atoms with Crippen LogP contribution in [0.5, 0.6) is 11.5 Å². The van der Waals surface area contributed by atoms with Crippen LogP contribution in [-0.2, 0) is 4.74 Å². The van der Waals surface area contributed by atoms with E-state index in [1.165, 1.54) is 13.4 Å². The molecule has 1 aliphatic rings. The summed E-state index contributed by atoms with van der Waals surface area (Å²) in [5, 5.41) is 39.5. The first-order chi connectivity index (χ1) is 14.9. The van der Waals surface area contributed by atoms with Crippen molar-refractivity contribution < 1.29 is 39.1 Å². The zero-order chi connectivity index (χ0) is 22.1. The average Bonchev–Trinajstić information content (AvgIpc) is 2.80. The van der Waals surface area contributed by atoms with E-state index in [9.17, 15) is 25.2 Å². The molecule has 9 nitrogen and oxygen atoms in total. The molecular formula is C22H22O9. The van der Waals surface area contributed by atoms with Crippen LogP contribution in [0.25, 0.3) is 22.1 Å². The molecule has 1 aromatic heterocycles. The maximum absolute atomic E-state index is 12.8. The van der Waals surface area contributed by atoms with E-state index in [0.29, 0.717) is 33.6 Å². The number of hydrogen-bond donors (Lipinski definition) is 4. The lowest BCUT2D eigenvalue weighted by molar-refractivity contribution is -0.277. The summed E-state index contributed by atoms with van der Waals surface area (Å²) in [4.78, 5) is 12.8. The van der Waals surface area contributed by atoms with Crippen LogP contribution < -0.4 is 14.9 Å². The molecule has 9 heteroatoms. The van der Waals surface area contributed by atoms with Gasteiger partial charge < -0.3 is 39.1 Å². The van der Waals surface area contributed by atoms with Gasteiger partial charge in [-0.1, -0.05) is 12.1 Å². The normalized spacial score (nSPS) is 26.0. The van der Waals surface area contributed by atoms with Gasteiger partial charge in [0, 0.05) is 6.07 Å². The van der Waals surface area contributed by atoms with Crippen LogP contribution in [0.4, 0.5) is 0 Å². The van der Waals surface area contributed by atoms with Gasteiger partial charge >= 0.3 is 0 Å². The van der Waals surface area contributed by atoms with Crippen LogP contribution in [0.2, 0.25) is 0 Å². The number of ether oxygens (including phenoxy) is 3. The van der Waals surface area contributed by atoms with Crippen LogP contribution in [-0.4, -0.2) is 64.8 Å². The smallest absolute Gasteiger partial charge is 0.229 e. The molecular weight excluding hydrogens is 408 g/mol. The van der Waals surface area contributed by atoms with Crippen molar-refractivity contribution in [3.05, 3.63) is 59.0 Å². The van der Waals surface area contributed by atoms with E-state index in [2.05, 4.69) is 0 Å². The molecule has 164 valence electrons. The fraction of sp³-hybridized carbons (Fsp3) is 0.318. The molecule has 2 heterocycles. The lowest BCUT2D eigenvalue weighted by atomic mass is 9.99. The summed E-state index contributed by atoms with van der Waals surface area (Å²) >= 11 is 0. The van der Waals surface area contributed by atoms with Gasteiger partial charge in [0.25, 0.3) is 0 Å². The molecule has 0 bridgehead atoms. The lowest BCUT2D eigenvalue weighted by Crippen LogP contribution is -2.60. The van der Waals surface area contributed by atoms with Gasteiger partial charge in [0.05, 0.1) is 24.7 Å². The van der Waals surface area contributed by atoms with Gasteiger partial charge in [-0.25, -0.2) is 0 Å². The van der Waals surface area contributed by atoms with Crippen LogP contribution in [0.3, 0.4) is 0 Å². The SMILES string of the molecule is COc1ccc2c(=O)c(-c3ccc(O[C@@H]4O[C@H](CO)[C@@H](O)[C@@H](O)[C@H]4O)cc3)coc2c1. The van der Waals surface area contributed by atoms with E-state index in [-0.39, 0.29) is 5.43 Å². The molecule has 1 fully saturated rings. The van der Waals surface area contributed by atoms with E-state index >= 15 is 0 Å². The predicted octanol–water partition coefficient (Wildman–Crippen LogP) is 0.647.